The zero-order valence-electron chi connectivity index (χ0n) is 28.9. The van der Waals surface area contributed by atoms with E-state index in [9.17, 15) is 0 Å². The van der Waals surface area contributed by atoms with E-state index >= 15 is 0 Å². The maximum atomic E-state index is 2.24. The van der Waals surface area contributed by atoms with E-state index in [1.165, 1.54) is 32.3 Å². The Morgan fingerprint density at radius 1 is 0.209 bits per heavy atom. The molecule has 6 aromatic carbocycles. The van der Waals surface area contributed by atoms with Crippen LogP contribution in [0.5, 0.6) is 0 Å². The van der Waals surface area contributed by atoms with Crippen molar-refractivity contribution in [3.05, 3.63) is 146 Å². The van der Waals surface area contributed by atoms with E-state index in [1.54, 1.807) is 0 Å². The second kappa shape index (κ2) is 36.1. The summed E-state index contributed by atoms with van der Waals surface area (Å²) in [6.45, 7) is 24.0. The summed E-state index contributed by atoms with van der Waals surface area (Å²) in [5.74, 6) is 0. The molecule has 0 nitrogen and oxygen atoms in total. The molecule has 0 fully saturated rings. The van der Waals surface area contributed by atoms with Gasteiger partial charge in [-0.3, -0.25) is 0 Å². The number of fused-ring (bicyclic) bond motifs is 3. The number of hydrogen-bond donors (Lipinski definition) is 0. The van der Waals surface area contributed by atoms with Gasteiger partial charge in [0.2, 0.25) is 0 Å². The van der Waals surface area contributed by atoms with E-state index in [4.69, 9.17) is 0 Å². The lowest BCUT2D eigenvalue weighted by Gasteiger charge is -2.00. The molecule has 0 atom stereocenters. The Hall–Kier alpha value is -3.90. The lowest BCUT2D eigenvalue weighted by atomic mass is 10.0. The molecule has 0 aliphatic rings. The third kappa shape index (κ3) is 19.8. The summed E-state index contributed by atoms with van der Waals surface area (Å²) in [5.41, 5.74) is 0. The van der Waals surface area contributed by atoms with Gasteiger partial charge in [-0.05, 0) is 44.5 Å². The fourth-order valence-electron chi connectivity index (χ4n) is 3.40. The number of benzene rings is 6. The molecule has 0 N–H and O–H groups in total. The molecule has 0 amide bonds. The molecular weight excluding hydrogens is 516 g/mol. The first kappa shape index (κ1) is 46.1. The van der Waals surface area contributed by atoms with Crippen LogP contribution in [-0.2, 0) is 0 Å². The monoisotopic (exact) mass is 581 g/mol. The quantitative estimate of drug-likeness (QED) is 0.157. The molecule has 0 aliphatic carbocycles. The van der Waals surface area contributed by atoms with Crippen molar-refractivity contribution in [2.24, 2.45) is 0 Å². The van der Waals surface area contributed by atoms with Gasteiger partial charge in [0.1, 0.15) is 0 Å². The van der Waals surface area contributed by atoms with Gasteiger partial charge < -0.3 is 0 Å². The summed E-state index contributed by atoms with van der Waals surface area (Å²) in [6, 6.07) is 50.1. The fourth-order valence-corrected chi connectivity index (χ4v) is 3.40. The van der Waals surface area contributed by atoms with Crippen molar-refractivity contribution >= 4 is 32.3 Å². The summed E-state index contributed by atoms with van der Waals surface area (Å²) in [6.07, 6.45) is 0. The molecule has 0 aliphatic heterocycles. The average Bonchev–Trinajstić information content (AvgIpc) is 3.14. The van der Waals surface area contributed by atoms with Crippen LogP contribution in [0.4, 0.5) is 0 Å². The molecule has 0 bridgehead atoms. The molecule has 0 radical (unpaired) electrons. The van der Waals surface area contributed by atoms with E-state index in [-0.39, 0.29) is 7.43 Å². The van der Waals surface area contributed by atoms with Crippen LogP contribution in [0.25, 0.3) is 32.3 Å². The maximum Gasteiger partial charge on any atom is -0.0178 e. The Bertz CT molecular complexity index is 1140. The minimum absolute atomic E-state index is 0. The summed E-state index contributed by atoms with van der Waals surface area (Å²) in [5, 5.41) is 7.87. The third-order valence-electron chi connectivity index (χ3n) is 4.94. The van der Waals surface area contributed by atoms with Gasteiger partial charge in [-0.15, -0.1) is 0 Å². The Labute approximate surface area is 267 Å². The largest absolute Gasteiger partial charge is 0.0776 e. The van der Waals surface area contributed by atoms with Crippen molar-refractivity contribution in [1.29, 1.82) is 0 Å². The molecule has 0 saturated heterocycles. The topological polar surface area (TPSA) is 0 Å². The molecule has 6 rings (SSSR count). The van der Waals surface area contributed by atoms with E-state index in [1.807, 2.05) is 119 Å². The minimum Gasteiger partial charge on any atom is -0.0776 e. The van der Waals surface area contributed by atoms with Crippen molar-refractivity contribution in [3.8, 4) is 0 Å². The van der Waals surface area contributed by atoms with Gasteiger partial charge in [0, 0.05) is 0 Å². The second-order valence-electron chi connectivity index (χ2n) is 7.05. The molecule has 236 valence electrons. The number of hydrogen-bond acceptors (Lipinski definition) is 0. The third-order valence-corrected chi connectivity index (χ3v) is 4.94. The standard InChI is InChI=1S/C14H10.C10H8.C6H6.6C2H6.CH4/c1-2-6-12-10-14-8-4-3-7-13(14)9-11(12)5-1;1-2-6-10-8-4-3-7-9(10)5-1;1-2-4-6-5-3-1;6*1-2;/h1-10H;1-8H;1-6H;6*1-2H3;1H4. The maximum absolute atomic E-state index is 2.24. The van der Waals surface area contributed by atoms with Gasteiger partial charge in [-0.1, -0.05) is 224 Å². The molecule has 0 heteroatoms. The first-order valence-corrected chi connectivity index (χ1v) is 16.2. The van der Waals surface area contributed by atoms with E-state index in [2.05, 4.69) is 109 Å². The van der Waals surface area contributed by atoms with Crippen molar-refractivity contribution in [3.63, 3.8) is 0 Å². The van der Waals surface area contributed by atoms with E-state index in [0.717, 1.165) is 0 Å². The Morgan fingerprint density at radius 3 is 0.512 bits per heavy atom. The zero-order valence-corrected chi connectivity index (χ0v) is 28.9. The first-order chi connectivity index (χ1) is 20.9. The summed E-state index contributed by atoms with van der Waals surface area (Å²) in [7, 11) is 0. The highest BCUT2D eigenvalue weighted by Crippen LogP contribution is 2.22. The molecule has 0 spiro atoms. The van der Waals surface area contributed by atoms with Crippen LogP contribution < -0.4 is 0 Å². The van der Waals surface area contributed by atoms with Crippen molar-refractivity contribution in [1.82, 2.24) is 0 Å². The lowest BCUT2D eigenvalue weighted by molar-refractivity contribution is 1.50. The summed E-state index contributed by atoms with van der Waals surface area (Å²) in [4.78, 5) is 0. The van der Waals surface area contributed by atoms with Crippen molar-refractivity contribution in [2.45, 2.75) is 90.5 Å². The first-order valence-electron chi connectivity index (χ1n) is 16.2. The molecule has 6 aromatic rings. The highest BCUT2D eigenvalue weighted by Gasteiger charge is 1.95. The van der Waals surface area contributed by atoms with Crippen molar-refractivity contribution < 1.29 is 0 Å². The van der Waals surface area contributed by atoms with Crippen LogP contribution in [-0.4, -0.2) is 0 Å². The average molecular weight is 581 g/mol. The summed E-state index contributed by atoms with van der Waals surface area (Å²) >= 11 is 0. The minimum atomic E-state index is 0. The van der Waals surface area contributed by atoms with Crippen LogP contribution in [0.15, 0.2) is 146 Å². The predicted molar refractivity (Wildman–Crippen MR) is 207 cm³/mol. The molecule has 43 heavy (non-hydrogen) atoms. The molecule has 0 heterocycles. The molecule has 0 saturated carbocycles. The predicted octanol–water partition coefficient (Wildman–Crippen LogP) is 15.3. The Balaban J connectivity index is -0.000000233. The van der Waals surface area contributed by atoms with Crippen LogP contribution in [0, 0.1) is 0 Å². The zero-order chi connectivity index (χ0) is 32.4. The highest BCUT2D eigenvalue weighted by molar-refractivity contribution is 5.98. The van der Waals surface area contributed by atoms with Gasteiger partial charge in [-0.2, -0.15) is 0 Å². The van der Waals surface area contributed by atoms with Gasteiger partial charge in [-0.25, -0.2) is 0 Å². The highest BCUT2D eigenvalue weighted by atomic mass is 14.0. The second-order valence-corrected chi connectivity index (χ2v) is 7.05. The molecular formula is C43H64. The van der Waals surface area contributed by atoms with Gasteiger partial charge >= 0.3 is 0 Å². The Kier molecular flexibility index (Phi) is 38.7. The van der Waals surface area contributed by atoms with Crippen LogP contribution in [0.1, 0.15) is 90.5 Å². The normalized spacial score (nSPS) is 7.81. The molecule has 0 aromatic heterocycles. The van der Waals surface area contributed by atoms with E-state index in [0.29, 0.717) is 0 Å². The van der Waals surface area contributed by atoms with Gasteiger partial charge in [0.15, 0.2) is 0 Å². The lowest BCUT2D eigenvalue weighted by Crippen LogP contribution is -1.74. The van der Waals surface area contributed by atoms with Gasteiger partial charge in [0.25, 0.3) is 0 Å². The smallest absolute Gasteiger partial charge is 0.0178 e. The molecule has 0 unspecified atom stereocenters. The Morgan fingerprint density at radius 2 is 0.349 bits per heavy atom. The van der Waals surface area contributed by atoms with Crippen LogP contribution in [0.3, 0.4) is 0 Å². The fraction of sp³-hybridized carbons (Fsp3) is 0.302. The van der Waals surface area contributed by atoms with Crippen molar-refractivity contribution in [2.75, 3.05) is 0 Å². The number of rotatable bonds is 0. The van der Waals surface area contributed by atoms with Gasteiger partial charge in [0.05, 0.1) is 0 Å². The van der Waals surface area contributed by atoms with Crippen LogP contribution >= 0.6 is 0 Å². The SMILES string of the molecule is C.CC.CC.CC.CC.CC.CC.c1ccc2cc3ccccc3cc2c1.c1ccc2ccccc2c1.c1ccccc1. The summed E-state index contributed by atoms with van der Waals surface area (Å²) < 4.78 is 0. The van der Waals surface area contributed by atoms with E-state index < -0.39 is 0 Å². The van der Waals surface area contributed by atoms with Crippen LogP contribution in [0.2, 0.25) is 0 Å².